The Labute approximate surface area is 73.3 Å². The molecule has 0 saturated carbocycles. The molecule has 1 heterocycles. The molecule has 1 atom stereocenters. The van der Waals surface area contributed by atoms with Gasteiger partial charge in [0.05, 0.1) is 5.56 Å². The largest absolute Gasteiger partial charge is 0.480 e. The van der Waals surface area contributed by atoms with E-state index in [1.807, 2.05) is 0 Å². The number of nitrogens with one attached hydrogen (secondary N) is 1. The van der Waals surface area contributed by atoms with Gasteiger partial charge in [0.25, 0.3) is 5.56 Å². The smallest absolute Gasteiger partial charge is 0.320 e. The zero-order valence-electron chi connectivity index (χ0n) is 7.03. The Morgan fingerprint density at radius 1 is 1.77 bits per heavy atom. The molecule has 1 aromatic heterocycles. The molecule has 0 saturated heterocycles. The van der Waals surface area contributed by atoms with E-state index < -0.39 is 17.6 Å². The second-order valence-corrected chi connectivity index (χ2v) is 2.72. The van der Waals surface area contributed by atoms with Gasteiger partial charge < -0.3 is 15.4 Å². The summed E-state index contributed by atoms with van der Waals surface area (Å²) in [5.41, 5.74) is 5.12. The summed E-state index contributed by atoms with van der Waals surface area (Å²) in [6, 6.07) is -1.07. The lowest BCUT2D eigenvalue weighted by Crippen LogP contribution is -2.33. The molecular weight excluding hydrogens is 179 g/mol. The minimum atomic E-state index is -1.14. The van der Waals surface area contributed by atoms with Gasteiger partial charge in [-0.2, -0.15) is 5.16 Å². The third-order valence-corrected chi connectivity index (χ3v) is 1.74. The number of hydrogen-bond acceptors (Lipinski definition) is 4. The first kappa shape index (κ1) is 9.53. The van der Waals surface area contributed by atoms with Crippen molar-refractivity contribution >= 4 is 5.97 Å². The molecule has 6 nitrogen and oxygen atoms in total. The standard InChI is InChI=1S/C7H10N2O4/c1-3-4(6(10)9-13-3)2-5(8)7(11)12/h5H,2,8H2,1H3,(H,9,10)(H,11,12)/i5+1,7+1,8+1. The van der Waals surface area contributed by atoms with E-state index in [0.29, 0.717) is 5.76 Å². The molecule has 1 aromatic rings. The predicted octanol–water partition coefficient (Wildman–Crippen LogP) is -0.769. The fourth-order valence-electron chi connectivity index (χ4n) is 0.950. The monoisotopic (exact) mass is 189 g/mol. The van der Waals surface area contributed by atoms with Crippen molar-refractivity contribution in [1.82, 2.24) is 5.16 Å². The molecule has 0 bridgehead atoms. The highest BCUT2D eigenvalue weighted by Gasteiger charge is 2.17. The van der Waals surface area contributed by atoms with Crippen molar-refractivity contribution in [3.8, 4) is 0 Å². The van der Waals surface area contributed by atoms with Crippen molar-refractivity contribution in [3.05, 3.63) is 21.7 Å². The Hall–Kier alpha value is -1.56. The van der Waals surface area contributed by atoms with Gasteiger partial charge in [-0.3, -0.25) is 9.59 Å². The Morgan fingerprint density at radius 2 is 2.38 bits per heavy atom. The van der Waals surface area contributed by atoms with E-state index in [2.05, 4.69) is 9.68 Å². The van der Waals surface area contributed by atoms with Gasteiger partial charge in [0.1, 0.15) is 11.8 Å². The number of aliphatic carboxylic acids is 1. The number of aromatic nitrogens is 1. The average Bonchev–Trinajstić information content (AvgIpc) is 2.35. The highest BCUT2D eigenvalue weighted by Crippen LogP contribution is 2.03. The van der Waals surface area contributed by atoms with Gasteiger partial charge in [-0.05, 0) is 6.92 Å². The van der Waals surface area contributed by atoms with Gasteiger partial charge >= 0.3 is 5.97 Å². The van der Waals surface area contributed by atoms with Crippen LogP contribution in [-0.2, 0) is 11.2 Å². The fraction of sp³-hybridized carbons (Fsp3) is 0.429. The topological polar surface area (TPSA) is 109 Å². The summed E-state index contributed by atoms with van der Waals surface area (Å²) in [5, 5.41) is 10.6. The molecule has 0 fully saturated rings. The van der Waals surface area contributed by atoms with Crippen LogP contribution in [0.1, 0.15) is 11.3 Å². The van der Waals surface area contributed by atoms with Gasteiger partial charge in [0, 0.05) is 6.42 Å². The zero-order valence-corrected chi connectivity index (χ0v) is 7.03. The van der Waals surface area contributed by atoms with Crippen LogP contribution >= 0.6 is 0 Å². The number of aryl methyl sites for hydroxylation is 1. The number of carboxylic acids is 1. The molecule has 0 aromatic carbocycles. The minimum Gasteiger partial charge on any atom is -0.480 e. The summed E-state index contributed by atoms with van der Waals surface area (Å²) in [7, 11) is 0. The molecule has 0 aliphatic rings. The minimum absolute atomic E-state index is 0.0208. The third kappa shape index (κ3) is 1.97. The Morgan fingerprint density at radius 3 is 2.77 bits per heavy atom. The second-order valence-electron chi connectivity index (χ2n) is 2.72. The van der Waals surface area contributed by atoms with Crippen molar-refractivity contribution in [2.24, 2.45) is 5.73 Å². The van der Waals surface area contributed by atoms with E-state index in [-0.39, 0.29) is 12.0 Å². The predicted molar refractivity (Wildman–Crippen MR) is 43.4 cm³/mol. The number of rotatable bonds is 3. The molecule has 1 unspecified atom stereocenters. The van der Waals surface area contributed by atoms with Gasteiger partial charge in [0.15, 0.2) is 0 Å². The molecule has 6 heteroatoms. The molecule has 0 amide bonds. The van der Waals surface area contributed by atoms with Crippen LogP contribution in [0.15, 0.2) is 9.32 Å². The van der Waals surface area contributed by atoms with Crippen LogP contribution in [-0.4, -0.2) is 22.3 Å². The van der Waals surface area contributed by atoms with E-state index in [4.69, 9.17) is 10.8 Å². The van der Waals surface area contributed by atoms with E-state index in [9.17, 15) is 9.59 Å². The van der Waals surface area contributed by atoms with Gasteiger partial charge in [0.2, 0.25) is 0 Å². The third-order valence-electron chi connectivity index (χ3n) is 1.74. The van der Waals surface area contributed by atoms with Crippen LogP contribution in [0.2, 0.25) is 0 Å². The van der Waals surface area contributed by atoms with Crippen molar-refractivity contribution in [2.75, 3.05) is 0 Å². The number of H-pyrrole nitrogens is 1. The van der Waals surface area contributed by atoms with Crippen molar-refractivity contribution in [2.45, 2.75) is 19.4 Å². The van der Waals surface area contributed by atoms with E-state index in [1.165, 1.54) is 0 Å². The van der Waals surface area contributed by atoms with Gasteiger partial charge in [-0.25, -0.2) is 0 Å². The molecule has 0 aliphatic carbocycles. The van der Waals surface area contributed by atoms with Crippen molar-refractivity contribution in [3.63, 3.8) is 0 Å². The maximum absolute atomic E-state index is 11.0. The van der Waals surface area contributed by atoms with Crippen LogP contribution in [0, 0.1) is 6.92 Å². The van der Waals surface area contributed by atoms with Gasteiger partial charge in [-0.1, -0.05) is 0 Å². The number of carbonyl (C=O) groups is 1. The summed E-state index contributed by atoms with van der Waals surface area (Å²) >= 11 is 0. The molecule has 4 N–H and O–H groups in total. The molecular formula is C7H10N2O4. The molecule has 13 heavy (non-hydrogen) atoms. The quantitative estimate of drug-likeness (QED) is 0.427. The van der Waals surface area contributed by atoms with Crippen molar-refractivity contribution < 1.29 is 14.4 Å². The number of hydrogen-bond donors (Lipinski definition) is 3. The maximum Gasteiger partial charge on any atom is 0.320 e. The lowest BCUT2D eigenvalue weighted by Gasteiger charge is -2.02. The summed E-state index contributed by atoms with van der Waals surface area (Å²) in [4.78, 5) is 21.4. The highest BCUT2D eigenvalue weighted by atomic mass is 16.5. The normalized spacial score (nSPS) is 12.8. The lowest BCUT2D eigenvalue weighted by atomic mass is 10.2. The van der Waals surface area contributed by atoms with E-state index in [1.54, 1.807) is 6.92 Å². The Kier molecular flexibility index (Phi) is 2.52. The van der Waals surface area contributed by atoms with Crippen LogP contribution in [0.3, 0.4) is 0 Å². The van der Waals surface area contributed by atoms with Crippen LogP contribution in [0.5, 0.6) is 0 Å². The Bertz CT molecular complexity index is 365. The number of nitrogens with two attached hydrogens (primary N) is 1. The van der Waals surface area contributed by atoms with Crippen LogP contribution in [0.25, 0.3) is 0 Å². The lowest BCUT2D eigenvalue weighted by molar-refractivity contribution is -0.138. The van der Waals surface area contributed by atoms with E-state index >= 15 is 0 Å². The molecule has 72 valence electrons. The molecule has 0 radical (unpaired) electrons. The molecule has 0 aliphatic heterocycles. The van der Waals surface area contributed by atoms with Crippen molar-refractivity contribution in [1.29, 1.82) is 0 Å². The molecule has 0 spiro atoms. The first-order valence-corrected chi connectivity index (χ1v) is 3.67. The van der Waals surface area contributed by atoms with E-state index in [0.717, 1.165) is 0 Å². The summed E-state index contributed by atoms with van der Waals surface area (Å²) in [5.74, 6) is -0.762. The van der Waals surface area contributed by atoms with Crippen LogP contribution < -0.4 is 11.3 Å². The number of carboxylic acid groups (broad SMARTS) is 1. The second kappa shape index (κ2) is 3.44. The molecule has 1 rings (SSSR count). The Balaban J connectivity index is 2.85. The summed E-state index contributed by atoms with van der Waals surface area (Å²) in [6.07, 6.45) is -0.0208. The first-order chi connectivity index (χ1) is 6.02. The van der Waals surface area contributed by atoms with Gasteiger partial charge in [-0.15, -0.1) is 0 Å². The summed E-state index contributed by atoms with van der Waals surface area (Å²) < 4.78 is 4.69. The SMILES string of the molecule is Cc1o[nH]c(=O)c1C[13CH]([15NH2])[13C](=O)O. The highest BCUT2D eigenvalue weighted by molar-refractivity contribution is 5.73. The maximum atomic E-state index is 11.0. The van der Waals surface area contributed by atoms with Crippen LogP contribution in [0.4, 0.5) is 0 Å². The summed E-state index contributed by atoms with van der Waals surface area (Å²) in [6.45, 7) is 1.57. The zero-order chi connectivity index (χ0) is 10.0. The number of aromatic amines is 1. The first-order valence-electron chi connectivity index (χ1n) is 3.67. The fourth-order valence-corrected chi connectivity index (χ4v) is 0.950. The average molecular weight is 189 g/mol.